The number of aromatic nitrogens is 4. The molecule has 1 aliphatic rings. The first kappa shape index (κ1) is 20.2. The van der Waals surface area contributed by atoms with E-state index < -0.39 is 0 Å². The first-order chi connectivity index (χ1) is 15.7. The number of carbonyl (C=O) groups excluding carboxylic acids is 1. The second-order valence-electron chi connectivity index (χ2n) is 8.36. The molecule has 2 aromatic carbocycles. The summed E-state index contributed by atoms with van der Waals surface area (Å²) < 4.78 is 1.78. The van der Waals surface area contributed by atoms with Crippen molar-refractivity contribution in [1.82, 2.24) is 25.3 Å². The van der Waals surface area contributed by atoms with Gasteiger partial charge in [0.15, 0.2) is 5.78 Å². The van der Waals surface area contributed by atoms with Crippen molar-refractivity contribution in [1.29, 1.82) is 5.26 Å². The van der Waals surface area contributed by atoms with Gasteiger partial charge in [-0.3, -0.25) is 14.6 Å². The summed E-state index contributed by atoms with van der Waals surface area (Å²) >= 11 is 0. The van der Waals surface area contributed by atoms with Crippen LogP contribution in [-0.2, 0) is 13.0 Å². The molecule has 1 aliphatic heterocycles. The topological polar surface area (TPSA) is 99.4 Å². The third-order valence-electron chi connectivity index (χ3n) is 6.11. The van der Waals surface area contributed by atoms with Gasteiger partial charge in [0.05, 0.1) is 29.9 Å². The molecule has 5 rings (SSSR count). The quantitative estimate of drug-likeness (QED) is 0.461. The number of fused-ring (bicyclic) bond motifs is 1. The minimum atomic E-state index is -0.0307. The Morgan fingerprint density at radius 1 is 1.16 bits per heavy atom. The molecule has 160 valence electrons. The lowest BCUT2D eigenvalue weighted by atomic mass is 9.89. The number of nitrogens with one attached hydrogen (secondary N) is 2. The summed E-state index contributed by atoms with van der Waals surface area (Å²) in [5.41, 5.74) is 5.16. The average molecular weight is 425 g/mol. The molecule has 32 heavy (non-hydrogen) atoms. The molecule has 1 fully saturated rings. The Labute approximate surface area is 186 Å². The van der Waals surface area contributed by atoms with Crippen molar-refractivity contribution in [3.63, 3.8) is 0 Å². The van der Waals surface area contributed by atoms with E-state index in [9.17, 15) is 4.79 Å². The van der Waals surface area contributed by atoms with E-state index in [-0.39, 0.29) is 12.2 Å². The van der Waals surface area contributed by atoms with E-state index in [0.29, 0.717) is 23.7 Å². The second kappa shape index (κ2) is 8.77. The van der Waals surface area contributed by atoms with E-state index >= 15 is 0 Å². The third-order valence-corrected chi connectivity index (χ3v) is 6.11. The van der Waals surface area contributed by atoms with E-state index in [1.165, 1.54) is 5.56 Å². The van der Waals surface area contributed by atoms with Gasteiger partial charge in [0.1, 0.15) is 5.69 Å². The molecule has 0 radical (unpaired) electrons. The number of rotatable bonds is 6. The van der Waals surface area contributed by atoms with Gasteiger partial charge >= 0.3 is 0 Å². The van der Waals surface area contributed by atoms with Crippen LogP contribution in [0.2, 0.25) is 0 Å². The maximum Gasteiger partial charge on any atom is 0.188 e. The molecule has 2 N–H and O–H groups in total. The highest BCUT2D eigenvalue weighted by Crippen LogP contribution is 2.28. The van der Waals surface area contributed by atoms with Crippen LogP contribution >= 0.6 is 0 Å². The number of nitriles is 1. The summed E-state index contributed by atoms with van der Waals surface area (Å²) in [5.74, 6) is 0.527. The fourth-order valence-corrected chi connectivity index (χ4v) is 4.44. The van der Waals surface area contributed by atoms with Crippen molar-refractivity contribution >= 4 is 16.7 Å². The van der Waals surface area contributed by atoms with Gasteiger partial charge in [-0.25, -0.2) is 0 Å². The summed E-state index contributed by atoms with van der Waals surface area (Å²) in [5, 5.41) is 25.1. The molecule has 0 unspecified atom stereocenters. The number of hydrogen-bond donors (Lipinski definition) is 2. The molecule has 0 bridgehead atoms. The van der Waals surface area contributed by atoms with Crippen LogP contribution in [0.25, 0.3) is 10.9 Å². The van der Waals surface area contributed by atoms with E-state index in [4.69, 9.17) is 5.26 Å². The number of Topliss-reactive ketones (excluding diaryl/α,β-unsaturated/α-hetero) is 1. The maximum atomic E-state index is 13.0. The van der Waals surface area contributed by atoms with E-state index in [0.717, 1.165) is 48.0 Å². The normalized spacial score (nSPS) is 14.5. The van der Waals surface area contributed by atoms with Gasteiger partial charge in [-0.15, -0.1) is 0 Å². The highest BCUT2D eigenvalue weighted by atomic mass is 16.1. The average Bonchev–Trinajstić information content (AvgIpc) is 3.46. The molecule has 2 aromatic heterocycles. The number of aromatic amines is 1. The van der Waals surface area contributed by atoms with Crippen LogP contribution in [0.3, 0.4) is 0 Å². The van der Waals surface area contributed by atoms with Crippen molar-refractivity contribution in [3.05, 3.63) is 82.8 Å². The molecule has 3 heterocycles. The Kier molecular flexibility index (Phi) is 5.53. The van der Waals surface area contributed by atoms with Gasteiger partial charge in [-0.05, 0) is 66.7 Å². The molecule has 7 heteroatoms. The lowest BCUT2D eigenvalue weighted by Crippen LogP contribution is -2.26. The van der Waals surface area contributed by atoms with E-state index in [1.807, 2.05) is 30.5 Å². The van der Waals surface area contributed by atoms with Crippen LogP contribution in [0.5, 0.6) is 0 Å². The van der Waals surface area contributed by atoms with E-state index in [1.54, 1.807) is 16.9 Å². The third kappa shape index (κ3) is 4.18. The summed E-state index contributed by atoms with van der Waals surface area (Å²) in [6.07, 6.45) is 6.11. The number of benzene rings is 2. The molecule has 0 atom stereocenters. The predicted molar refractivity (Wildman–Crippen MR) is 121 cm³/mol. The maximum absolute atomic E-state index is 13.0. The standard InChI is InChI=1S/C25H24N6O/c26-13-17-2-1-3-18(10-17)15-31-16-19(14-28-31)11-24(32)25-22-5-4-21(12-23(22)29-30-25)20-6-8-27-9-7-20/h1-5,10,12,14,16,20,27H,6-9,11,15H2,(H,29,30). The first-order valence-electron chi connectivity index (χ1n) is 10.9. The smallest absolute Gasteiger partial charge is 0.188 e. The Balaban J connectivity index is 1.29. The van der Waals surface area contributed by atoms with Crippen molar-refractivity contribution in [2.45, 2.75) is 31.7 Å². The van der Waals surface area contributed by atoms with Crippen LogP contribution in [0, 0.1) is 11.3 Å². The van der Waals surface area contributed by atoms with Crippen LogP contribution in [0.1, 0.15) is 51.5 Å². The van der Waals surface area contributed by atoms with Crippen LogP contribution in [-0.4, -0.2) is 38.9 Å². The molecule has 7 nitrogen and oxygen atoms in total. The largest absolute Gasteiger partial charge is 0.317 e. The predicted octanol–water partition coefficient (Wildman–Crippen LogP) is 3.57. The van der Waals surface area contributed by atoms with Gasteiger partial charge in [0, 0.05) is 18.0 Å². The summed E-state index contributed by atoms with van der Waals surface area (Å²) in [7, 11) is 0. The van der Waals surface area contributed by atoms with Crippen molar-refractivity contribution in [3.8, 4) is 6.07 Å². The monoisotopic (exact) mass is 424 g/mol. The van der Waals surface area contributed by atoms with Gasteiger partial charge < -0.3 is 5.32 Å². The molecule has 0 saturated carbocycles. The van der Waals surface area contributed by atoms with E-state index in [2.05, 4.69) is 38.8 Å². The molecule has 0 amide bonds. The number of ketones is 1. The second-order valence-corrected chi connectivity index (χ2v) is 8.36. The van der Waals surface area contributed by atoms with Gasteiger partial charge in [0.2, 0.25) is 0 Å². The molecule has 0 aliphatic carbocycles. The zero-order valence-electron chi connectivity index (χ0n) is 17.7. The fraction of sp³-hybridized carbons (Fsp3) is 0.280. The molecule has 1 saturated heterocycles. The lowest BCUT2D eigenvalue weighted by molar-refractivity contribution is 0.0989. The Bertz CT molecular complexity index is 1310. The van der Waals surface area contributed by atoms with Crippen molar-refractivity contribution < 1.29 is 4.79 Å². The van der Waals surface area contributed by atoms with Crippen LogP contribution in [0.15, 0.2) is 54.9 Å². The Hall–Kier alpha value is -3.76. The Morgan fingerprint density at radius 2 is 2.03 bits per heavy atom. The molecular weight excluding hydrogens is 400 g/mol. The number of piperidine rings is 1. The number of H-pyrrole nitrogens is 1. The summed E-state index contributed by atoms with van der Waals surface area (Å²) in [6.45, 7) is 2.65. The SMILES string of the molecule is N#Cc1cccc(Cn2cc(CC(=O)c3n[nH]c4cc(C5CCNCC5)ccc34)cn2)c1. The number of hydrogen-bond acceptors (Lipinski definition) is 5. The number of carbonyl (C=O) groups is 1. The fourth-order valence-electron chi connectivity index (χ4n) is 4.44. The molecular formula is C25H24N6O. The first-order valence-corrected chi connectivity index (χ1v) is 10.9. The van der Waals surface area contributed by atoms with Crippen molar-refractivity contribution in [2.24, 2.45) is 0 Å². The van der Waals surface area contributed by atoms with Crippen LogP contribution in [0.4, 0.5) is 0 Å². The summed E-state index contributed by atoms with van der Waals surface area (Å²) in [4.78, 5) is 13.0. The van der Waals surface area contributed by atoms with Crippen LogP contribution < -0.4 is 5.32 Å². The zero-order valence-corrected chi connectivity index (χ0v) is 17.7. The Morgan fingerprint density at radius 3 is 2.88 bits per heavy atom. The van der Waals surface area contributed by atoms with Gasteiger partial charge in [-0.1, -0.05) is 24.3 Å². The minimum absolute atomic E-state index is 0.0307. The molecule has 0 spiro atoms. The van der Waals surface area contributed by atoms with Gasteiger partial charge in [-0.2, -0.15) is 15.5 Å². The number of nitrogens with zero attached hydrogens (tertiary/aromatic N) is 4. The summed E-state index contributed by atoms with van der Waals surface area (Å²) in [6, 6.07) is 15.9. The highest BCUT2D eigenvalue weighted by molar-refractivity contribution is 6.06. The van der Waals surface area contributed by atoms with Gasteiger partial charge in [0.25, 0.3) is 0 Å². The minimum Gasteiger partial charge on any atom is -0.317 e. The lowest BCUT2D eigenvalue weighted by Gasteiger charge is -2.22. The zero-order chi connectivity index (χ0) is 21.9. The molecule has 4 aromatic rings. The van der Waals surface area contributed by atoms with Crippen molar-refractivity contribution in [2.75, 3.05) is 13.1 Å². The highest BCUT2D eigenvalue weighted by Gasteiger charge is 2.19.